The number of halogens is 2. The van der Waals surface area contributed by atoms with Gasteiger partial charge >= 0.3 is 11.8 Å². The van der Waals surface area contributed by atoms with Gasteiger partial charge in [-0.3, -0.25) is 4.57 Å². The number of ether oxygens (including phenoxy) is 1. The van der Waals surface area contributed by atoms with Crippen LogP contribution in [0.15, 0.2) is 24.4 Å². The third kappa shape index (κ3) is 3.44. The molecule has 0 bridgehead atoms. The predicted octanol–water partition coefficient (Wildman–Crippen LogP) is 2.81. The topological polar surface area (TPSA) is 96.2 Å². The van der Waals surface area contributed by atoms with Gasteiger partial charge in [-0.2, -0.15) is 0 Å². The van der Waals surface area contributed by atoms with Crippen molar-refractivity contribution < 1.29 is 9.66 Å². The highest BCUT2D eigenvalue weighted by Gasteiger charge is 2.22. The maximum absolute atomic E-state index is 10.7. The lowest BCUT2D eigenvalue weighted by atomic mass is 10.1. The Morgan fingerprint density at radius 1 is 1.52 bits per heavy atom. The lowest BCUT2D eigenvalue weighted by molar-refractivity contribution is -0.389. The minimum Gasteiger partial charge on any atom is -0.449 e. The van der Waals surface area contributed by atoms with Crippen LogP contribution in [0.2, 0.25) is 10.0 Å². The molecule has 2 N–H and O–H groups in total. The van der Waals surface area contributed by atoms with Gasteiger partial charge in [0, 0.05) is 27.6 Å². The van der Waals surface area contributed by atoms with Crippen LogP contribution < -0.4 is 10.5 Å². The zero-order valence-electron chi connectivity index (χ0n) is 11.0. The van der Waals surface area contributed by atoms with Gasteiger partial charge in [-0.15, -0.1) is 0 Å². The third-order valence-electron chi connectivity index (χ3n) is 2.85. The van der Waals surface area contributed by atoms with Gasteiger partial charge in [0.2, 0.25) is 0 Å². The first kappa shape index (κ1) is 15.6. The van der Waals surface area contributed by atoms with Gasteiger partial charge in [0.25, 0.3) is 0 Å². The summed E-state index contributed by atoms with van der Waals surface area (Å²) in [6.45, 7) is 0.228. The molecule has 21 heavy (non-hydrogen) atoms. The monoisotopic (exact) mass is 330 g/mol. The fraction of sp³-hybridized carbons (Fsp3) is 0.250. The predicted molar refractivity (Wildman–Crippen MR) is 78.8 cm³/mol. The van der Waals surface area contributed by atoms with E-state index in [4.69, 9.17) is 33.7 Å². The number of nitro groups is 1. The molecule has 0 aliphatic heterocycles. The summed E-state index contributed by atoms with van der Waals surface area (Å²) in [6, 6.07) is 4.61. The lowest BCUT2D eigenvalue weighted by Gasteiger charge is -2.14. The molecule has 1 atom stereocenters. The number of rotatable bonds is 5. The average molecular weight is 331 g/mol. The molecular formula is C12H12Cl2N4O3. The summed E-state index contributed by atoms with van der Waals surface area (Å²) < 4.78 is 6.47. The van der Waals surface area contributed by atoms with Gasteiger partial charge in [0.05, 0.1) is 7.11 Å². The van der Waals surface area contributed by atoms with Crippen molar-refractivity contribution in [2.45, 2.75) is 12.6 Å². The van der Waals surface area contributed by atoms with Crippen molar-refractivity contribution in [2.24, 2.45) is 5.73 Å². The first-order chi connectivity index (χ1) is 9.92. The minimum absolute atomic E-state index is 0.113. The van der Waals surface area contributed by atoms with Crippen LogP contribution in [0.5, 0.6) is 6.01 Å². The molecule has 1 unspecified atom stereocenters. The summed E-state index contributed by atoms with van der Waals surface area (Å²) >= 11 is 11.9. The van der Waals surface area contributed by atoms with E-state index in [0.29, 0.717) is 15.6 Å². The van der Waals surface area contributed by atoms with Crippen LogP contribution >= 0.6 is 23.2 Å². The maximum atomic E-state index is 10.7. The van der Waals surface area contributed by atoms with Crippen LogP contribution in [0.4, 0.5) is 5.82 Å². The highest BCUT2D eigenvalue weighted by atomic mass is 35.5. The van der Waals surface area contributed by atoms with E-state index in [1.165, 1.54) is 17.9 Å². The SMILES string of the molecule is COc1nc([N+](=O)[O-])cn1CC(N)c1ccc(Cl)cc1Cl. The van der Waals surface area contributed by atoms with Crippen LogP contribution in [0, 0.1) is 10.1 Å². The van der Waals surface area contributed by atoms with E-state index < -0.39 is 11.0 Å². The molecule has 0 aliphatic carbocycles. The van der Waals surface area contributed by atoms with Gasteiger partial charge in [0.15, 0.2) is 0 Å². The zero-order valence-corrected chi connectivity index (χ0v) is 12.5. The Kier molecular flexibility index (Phi) is 4.66. The molecule has 9 heteroatoms. The van der Waals surface area contributed by atoms with Gasteiger partial charge < -0.3 is 20.6 Å². The Labute approximate surface area is 130 Å². The van der Waals surface area contributed by atoms with Gasteiger partial charge in [-0.1, -0.05) is 29.3 Å². The van der Waals surface area contributed by atoms with Gasteiger partial charge in [-0.05, 0) is 22.6 Å². The van der Waals surface area contributed by atoms with Crippen LogP contribution in [-0.2, 0) is 6.54 Å². The van der Waals surface area contributed by atoms with E-state index in [-0.39, 0.29) is 18.4 Å². The standard InChI is InChI=1S/C12H12Cl2N4O3/c1-21-12-16-11(18(19)20)6-17(12)5-10(15)8-3-2-7(13)4-9(8)14/h2-4,6,10H,5,15H2,1H3. The largest absolute Gasteiger partial charge is 0.449 e. The average Bonchev–Trinajstić information content (AvgIpc) is 2.81. The quantitative estimate of drug-likeness (QED) is 0.671. The molecule has 2 rings (SSSR count). The number of imidazole rings is 1. The molecule has 0 spiro atoms. The summed E-state index contributed by atoms with van der Waals surface area (Å²) in [5.41, 5.74) is 6.77. The fourth-order valence-electron chi connectivity index (χ4n) is 1.88. The van der Waals surface area contributed by atoms with Gasteiger partial charge in [-0.25, -0.2) is 0 Å². The Morgan fingerprint density at radius 3 is 2.81 bits per heavy atom. The van der Waals surface area contributed by atoms with Crippen LogP contribution in [-0.4, -0.2) is 21.6 Å². The lowest BCUT2D eigenvalue weighted by Crippen LogP contribution is -2.18. The number of hydrogen-bond acceptors (Lipinski definition) is 5. The van der Waals surface area contributed by atoms with Crippen molar-refractivity contribution in [3.05, 3.63) is 50.1 Å². The Morgan fingerprint density at radius 2 is 2.24 bits per heavy atom. The van der Waals surface area contributed by atoms with Gasteiger partial charge in [0.1, 0.15) is 6.20 Å². The van der Waals surface area contributed by atoms with E-state index in [1.807, 2.05) is 0 Å². The molecule has 7 nitrogen and oxygen atoms in total. The van der Waals surface area contributed by atoms with Crippen molar-refractivity contribution in [3.8, 4) is 6.01 Å². The molecular weight excluding hydrogens is 319 g/mol. The Balaban J connectivity index is 2.26. The molecule has 0 aliphatic rings. The Hall–Kier alpha value is -1.83. The van der Waals surface area contributed by atoms with Crippen molar-refractivity contribution in [2.75, 3.05) is 7.11 Å². The highest BCUT2D eigenvalue weighted by Crippen LogP contribution is 2.27. The summed E-state index contributed by atoms with van der Waals surface area (Å²) in [5.74, 6) is -0.304. The van der Waals surface area contributed by atoms with Crippen molar-refractivity contribution in [1.82, 2.24) is 9.55 Å². The van der Waals surface area contributed by atoms with Crippen molar-refractivity contribution in [3.63, 3.8) is 0 Å². The number of aromatic nitrogens is 2. The van der Waals surface area contributed by atoms with Crippen LogP contribution in [0.3, 0.4) is 0 Å². The molecule has 2 aromatic rings. The van der Waals surface area contributed by atoms with Crippen LogP contribution in [0.1, 0.15) is 11.6 Å². The van der Waals surface area contributed by atoms with E-state index in [2.05, 4.69) is 4.98 Å². The van der Waals surface area contributed by atoms with Crippen molar-refractivity contribution >= 4 is 29.0 Å². The van der Waals surface area contributed by atoms with E-state index >= 15 is 0 Å². The molecule has 0 radical (unpaired) electrons. The minimum atomic E-state index is -0.597. The molecule has 1 heterocycles. The Bertz CT molecular complexity index is 675. The van der Waals surface area contributed by atoms with E-state index in [9.17, 15) is 10.1 Å². The molecule has 112 valence electrons. The number of benzene rings is 1. The fourth-order valence-corrected chi connectivity index (χ4v) is 2.43. The maximum Gasteiger partial charge on any atom is 0.414 e. The second-order valence-corrected chi connectivity index (χ2v) is 5.11. The number of hydrogen-bond donors (Lipinski definition) is 1. The second-order valence-electron chi connectivity index (χ2n) is 4.27. The molecule has 0 saturated carbocycles. The molecule has 0 amide bonds. The zero-order chi connectivity index (χ0) is 15.6. The highest BCUT2D eigenvalue weighted by molar-refractivity contribution is 6.35. The number of nitrogens with zero attached hydrogens (tertiary/aromatic N) is 3. The summed E-state index contributed by atoms with van der Waals surface area (Å²) in [7, 11) is 1.38. The third-order valence-corrected chi connectivity index (χ3v) is 3.41. The van der Waals surface area contributed by atoms with Crippen molar-refractivity contribution in [1.29, 1.82) is 0 Å². The summed E-state index contributed by atoms with van der Waals surface area (Å²) in [5, 5.41) is 11.7. The van der Waals surface area contributed by atoms with E-state index in [1.54, 1.807) is 18.2 Å². The molecule has 0 fully saturated rings. The summed E-state index contributed by atoms with van der Waals surface area (Å²) in [6.07, 6.45) is 1.27. The molecule has 1 aromatic heterocycles. The normalized spacial score (nSPS) is 12.2. The first-order valence-electron chi connectivity index (χ1n) is 5.88. The number of methoxy groups -OCH3 is 1. The summed E-state index contributed by atoms with van der Waals surface area (Å²) in [4.78, 5) is 13.9. The second kappa shape index (κ2) is 6.30. The molecule has 0 saturated heterocycles. The number of nitrogens with two attached hydrogens (primary N) is 1. The first-order valence-corrected chi connectivity index (χ1v) is 6.64. The van der Waals surface area contributed by atoms with E-state index in [0.717, 1.165) is 0 Å². The molecule has 1 aromatic carbocycles. The van der Waals surface area contributed by atoms with Crippen LogP contribution in [0.25, 0.3) is 0 Å². The smallest absolute Gasteiger partial charge is 0.414 e.